The highest BCUT2D eigenvalue weighted by atomic mass is 28.4. The van der Waals surface area contributed by atoms with Gasteiger partial charge in [0.05, 0.1) is 0 Å². The van der Waals surface area contributed by atoms with Crippen molar-refractivity contribution in [2.75, 3.05) is 0 Å². The standard InChI is InChI=1S/C12H24O5Si/c1-8-12(13)17-18(14-9(2)3,15-10(4)5)16-11(6)7/h8-11H,1H2,2-7H3. The first kappa shape index (κ1) is 17.3. The zero-order valence-corrected chi connectivity index (χ0v) is 13.1. The smallest absolute Gasteiger partial charge is 0.449 e. The molecule has 0 radical (unpaired) electrons. The van der Waals surface area contributed by atoms with Gasteiger partial charge in [0.25, 0.3) is 0 Å². The molecule has 0 fully saturated rings. The van der Waals surface area contributed by atoms with Crippen molar-refractivity contribution in [3.8, 4) is 0 Å². The summed E-state index contributed by atoms with van der Waals surface area (Å²) in [5.74, 6) is -0.608. The van der Waals surface area contributed by atoms with Crippen molar-refractivity contribution in [3.63, 3.8) is 0 Å². The van der Waals surface area contributed by atoms with Crippen molar-refractivity contribution in [2.24, 2.45) is 0 Å². The Morgan fingerprint density at radius 2 is 1.28 bits per heavy atom. The molecule has 0 spiro atoms. The summed E-state index contributed by atoms with van der Waals surface area (Å²) in [6.07, 6.45) is 0.545. The summed E-state index contributed by atoms with van der Waals surface area (Å²) in [7, 11) is -3.49. The maximum atomic E-state index is 11.4. The average Bonchev–Trinajstić information content (AvgIpc) is 2.12. The van der Waals surface area contributed by atoms with E-state index in [0.717, 1.165) is 6.08 Å². The van der Waals surface area contributed by atoms with Crippen molar-refractivity contribution < 1.29 is 22.5 Å². The summed E-state index contributed by atoms with van der Waals surface area (Å²) in [4.78, 5) is 11.4. The molecule has 0 aliphatic heterocycles. The SMILES string of the molecule is C=CC(=O)O[Si](OC(C)C)(OC(C)C)OC(C)C. The quantitative estimate of drug-likeness (QED) is 0.503. The van der Waals surface area contributed by atoms with Crippen molar-refractivity contribution >= 4 is 15.0 Å². The number of carbonyl (C=O) groups is 1. The number of carbonyl (C=O) groups excluding carboxylic acids is 1. The Balaban J connectivity index is 5.09. The van der Waals surface area contributed by atoms with Crippen molar-refractivity contribution in [3.05, 3.63) is 12.7 Å². The van der Waals surface area contributed by atoms with E-state index < -0.39 is 15.0 Å². The van der Waals surface area contributed by atoms with Crippen LogP contribution in [0.15, 0.2) is 12.7 Å². The van der Waals surface area contributed by atoms with Crippen LogP contribution in [0.25, 0.3) is 0 Å². The molecule has 5 nitrogen and oxygen atoms in total. The second-order valence-corrected chi connectivity index (χ2v) is 6.54. The third-order valence-electron chi connectivity index (χ3n) is 1.53. The second-order valence-electron chi connectivity index (χ2n) is 4.63. The van der Waals surface area contributed by atoms with Gasteiger partial charge in [-0.3, -0.25) is 0 Å². The molecule has 0 aromatic rings. The van der Waals surface area contributed by atoms with Gasteiger partial charge in [-0.1, -0.05) is 6.58 Å². The van der Waals surface area contributed by atoms with Gasteiger partial charge in [-0.15, -0.1) is 0 Å². The van der Waals surface area contributed by atoms with Gasteiger partial charge in [-0.2, -0.15) is 0 Å². The molecule has 0 aliphatic carbocycles. The molecule has 0 rings (SSSR count). The van der Waals surface area contributed by atoms with Crippen LogP contribution in [0.3, 0.4) is 0 Å². The van der Waals surface area contributed by atoms with Gasteiger partial charge in [0.1, 0.15) is 0 Å². The van der Waals surface area contributed by atoms with E-state index in [0.29, 0.717) is 0 Å². The predicted octanol–water partition coefficient (Wildman–Crippen LogP) is 2.43. The van der Waals surface area contributed by atoms with E-state index >= 15 is 0 Å². The normalized spacial score (nSPS) is 12.3. The lowest BCUT2D eigenvalue weighted by Gasteiger charge is -2.31. The first-order valence-corrected chi connectivity index (χ1v) is 7.73. The highest BCUT2D eigenvalue weighted by Crippen LogP contribution is 2.19. The molecule has 0 heterocycles. The van der Waals surface area contributed by atoms with Gasteiger partial charge >= 0.3 is 15.0 Å². The van der Waals surface area contributed by atoms with Crippen molar-refractivity contribution in [2.45, 2.75) is 59.9 Å². The minimum Gasteiger partial charge on any atom is -0.449 e. The van der Waals surface area contributed by atoms with Crippen molar-refractivity contribution in [1.29, 1.82) is 0 Å². The highest BCUT2D eigenvalue weighted by molar-refractivity contribution is 6.56. The maximum absolute atomic E-state index is 11.4. The average molecular weight is 276 g/mol. The molecule has 6 heteroatoms. The maximum Gasteiger partial charge on any atom is 0.752 e. The molecule has 0 aromatic heterocycles. The lowest BCUT2D eigenvalue weighted by Crippen LogP contribution is -2.54. The van der Waals surface area contributed by atoms with Gasteiger partial charge in [0, 0.05) is 24.4 Å². The van der Waals surface area contributed by atoms with Gasteiger partial charge in [-0.05, 0) is 41.5 Å². The Kier molecular flexibility index (Phi) is 7.38. The lowest BCUT2D eigenvalue weighted by atomic mass is 10.5. The number of rotatable bonds is 8. The predicted molar refractivity (Wildman–Crippen MR) is 70.7 cm³/mol. The molecule has 18 heavy (non-hydrogen) atoms. The fourth-order valence-electron chi connectivity index (χ4n) is 1.19. The highest BCUT2D eigenvalue weighted by Gasteiger charge is 2.52. The summed E-state index contributed by atoms with van der Waals surface area (Å²) in [5, 5.41) is 0. The van der Waals surface area contributed by atoms with Gasteiger partial charge < -0.3 is 17.7 Å². The largest absolute Gasteiger partial charge is 0.752 e. The van der Waals surface area contributed by atoms with Crippen LogP contribution in [0.5, 0.6) is 0 Å². The zero-order chi connectivity index (χ0) is 14.3. The Morgan fingerprint density at radius 1 is 0.944 bits per heavy atom. The molecule has 0 bridgehead atoms. The third-order valence-corrected chi connectivity index (χ3v) is 4.26. The van der Waals surface area contributed by atoms with Crippen LogP contribution in [-0.2, 0) is 22.5 Å². The molecule has 0 saturated heterocycles. The van der Waals surface area contributed by atoms with E-state index in [9.17, 15) is 4.79 Å². The number of hydrogen-bond donors (Lipinski definition) is 0. The van der Waals surface area contributed by atoms with Crippen LogP contribution in [0.1, 0.15) is 41.5 Å². The fourth-order valence-corrected chi connectivity index (χ4v) is 3.56. The number of hydrogen-bond acceptors (Lipinski definition) is 5. The minimum atomic E-state index is -3.49. The van der Waals surface area contributed by atoms with E-state index in [4.69, 9.17) is 17.7 Å². The first-order valence-electron chi connectivity index (χ1n) is 6.09. The molecule has 106 valence electrons. The Bertz CT molecular complexity index is 249. The van der Waals surface area contributed by atoms with E-state index in [1.807, 2.05) is 41.5 Å². The van der Waals surface area contributed by atoms with Crippen LogP contribution in [0.4, 0.5) is 0 Å². The summed E-state index contributed by atoms with van der Waals surface area (Å²) in [6, 6.07) is 0. The molecule has 0 amide bonds. The van der Waals surface area contributed by atoms with E-state index in [1.165, 1.54) is 0 Å². The molecular weight excluding hydrogens is 252 g/mol. The lowest BCUT2D eigenvalue weighted by molar-refractivity contribution is -0.143. The fraction of sp³-hybridized carbons (Fsp3) is 0.750. The van der Waals surface area contributed by atoms with Crippen LogP contribution in [-0.4, -0.2) is 33.3 Å². The first-order chi connectivity index (χ1) is 8.20. The molecule has 0 atom stereocenters. The Labute approximate surface area is 111 Å². The summed E-state index contributed by atoms with van der Waals surface area (Å²) >= 11 is 0. The summed E-state index contributed by atoms with van der Waals surface area (Å²) in [5.41, 5.74) is 0. The third kappa shape index (κ3) is 6.90. The molecule has 0 aromatic carbocycles. The molecule has 0 unspecified atom stereocenters. The van der Waals surface area contributed by atoms with Crippen LogP contribution >= 0.6 is 0 Å². The Hall–Kier alpha value is -0.693. The van der Waals surface area contributed by atoms with E-state index in [2.05, 4.69) is 6.58 Å². The summed E-state index contributed by atoms with van der Waals surface area (Å²) in [6.45, 7) is 14.3. The molecule has 0 N–H and O–H groups in total. The van der Waals surface area contributed by atoms with Crippen LogP contribution in [0.2, 0.25) is 0 Å². The molecular formula is C12H24O5Si. The minimum absolute atomic E-state index is 0.174. The van der Waals surface area contributed by atoms with E-state index in [-0.39, 0.29) is 18.3 Å². The second kappa shape index (κ2) is 7.68. The molecule has 0 saturated carbocycles. The van der Waals surface area contributed by atoms with Crippen LogP contribution < -0.4 is 0 Å². The topological polar surface area (TPSA) is 54.0 Å². The van der Waals surface area contributed by atoms with E-state index in [1.54, 1.807) is 0 Å². The summed E-state index contributed by atoms with van der Waals surface area (Å²) < 4.78 is 22.1. The van der Waals surface area contributed by atoms with Gasteiger partial charge in [-0.25, -0.2) is 4.79 Å². The van der Waals surface area contributed by atoms with Crippen LogP contribution in [0, 0.1) is 0 Å². The Morgan fingerprint density at radius 3 is 1.50 bits per heavy atom. The van der Waals surface area contributed by atoms with Gasteiger partial charge in [0.2, 0.25) is 0 Å². The zero-order valence-electron chi connectivity index (χ0n) is 12.1. The van der Waals surface area contributed by atoms with Crippen molar-refractivity contribution in [1.82, 2.24) is 0 Å². The van der Waals surface area contributed by atoms with Gasteiger partial charge in [0.15, 0.2) is 0 Å². The monoisotopic (exact) mass is 276 g/mol. The molecule has 0 aliphatic rings.